The lowest BCUT2D eigenvalue weighted by Gasteiger charge is -2.19. The summed E-state index contributed by atoms with van der Waals surface area (Å²) in [6.45, 7) is 6.27. The lowest BCUT2D eigenvalue weighted by molar-refractivity contribution is 0.490. The van der Waals surface area contributed by atoms with Crippen LogP contribution in [0.2, 0.25) is 0 Å². The van der Waals surface area contributed by atoms with Crippen molar-refractivity contribution in [2.75, 3.05) is 0 Å². The number of rotatable bonds is 3. The highest BCUT2D eigenvalue weighted by Crippen LogP contribution is 2.10. The fourth-order valence-electron chi connectivity index (χ4n) is 1.19. The summed E-state index contributed by atoms with van der Waals surface area (Å²) >= 11 is 0. The van der Waals surface area contributed by atoms with E-state index in [0.717, 1.165) is 5.56 Å². The Morgan fingerprint density at radius 2 is 2.13 bits per heavy atom. The van der Waals surface area contributed by atoms with Crippen LogP contribution < -0.4 is 5.32 Å². The summed E-state index contributed by atoms with van der Waals surface area (Å²) in [5.74, 6) is 2.48. The zero-order chi connectivity index (χ0) is 11.5. The summed E-state index contributed by atoms with van der Waals surface area (Å²) in [6, 6.07) is 5.08. The second-order valence-corrected chi connectivity index (χ2v) is 4.21. The van der Waals surface area contributed by atoms with Crippen LogP contribution in [0.4, 0.5) is 4.39 Å². The summed E-state index contributed by atoms with van der Waals surface area (Å²) in [6.07, 6.45) is 5.35. The van der Waals surface area contributed by atoms with E-state index in [4.69, 9.17) is 6.42 Å². The zero-order valence-electron chi connectivity index (χ0n) is 9.39. The molecule has 0 aliphatic rings. The van der Waals surface area contributed by atoms with Gasteiger partial charge in [0.05, 0.1) is 5.54 Å². The van der Waals surface area contributed by atoms with Crippen molar-refractivity contribution in [3.05, 3.63) is 35.1 Å². The van der Waals surface area contributed by atoms with E-state index in [1.165, 1.54) is 6.07 Å². The van der Waals surface area contributed by atoms with Gasteiger partial charge in [0.2, 0.25) is 0 Å². The molecule has 1 aromatic rings. The first-order valence-corrected chi connectivity index (χ1v) is 4.92. The lowest BCUT2D eigenvalue weighted by Crippen LogP contribution is -2.36. The van der Waals surface area contributed by atoms with Crippen LogP contribution in [0.25, 0.3) is 0 Å². The van der Waals surface area contributed by atoms with E-state index >= 15 is 0 Å². The molecule has 1 rings (SSSR count). The standard InChI is InChI=1S/C13H16FN/c1-5-13(3,4)15-9-11-6-7-12(14)10(2)8-11/h1,6-8,15H,9H2,2-4H3. The second-order valence-electron chi connectivity index (χ2n) is 4.21. The summed E-state index contributed by atoms with van der Waals surface area (Å²) in [4.78, 5) is 0. The van der Waals surface area contributed by atoms with E-state index in [1.54, 1.807) is 13.0 Å². The van der Waals surface area contributed by atoms with Gasteiger partial charge in [-0.3, -0.25) is 5.32 Å². The van der Waals surface area contributed by atoms with Gasteiger partial charge in [0.25, 0.3) is 0 Å². The van der Waals surface area contributed by atoms with Crippen LogP contribution in [0.1, 0.15) is 25.0 Å². The third kappa shape index (κ3) is 3.38. The highest BCUT2D eigenvalue weighted by Gasteiger charge is 2.12. The molecule has 80 valence electrons. The summed E-state index contributed by atoms with van der Waals surface area (Å²) in [5, 5.41) is 3.21. The molecule has 0 fully saturated rings. The molecule has 1 N–H and O–H groups in total. The Hall–Kier alpha value is -1.33. The van der Waals surface area contributed by atoms with Crippen LogP contribution in [0.15, 0.2) is 18.2 Å². The molecule has 2 heteroatoms. The van der Waals surface area contributed by atoms with Crippen molar-refractivity contribution in [2.24, 2.45) is 0 Å². The van der Waals surface area contributed by atoms with Crippen LogP contribution in [0.3, 0.4) is 0 Å². The zero-order valence-corrected chi connectivity index (χ0v) is 9.39. The van der Waals surface area contributed by atoms with Gasteiger partial charge in [0, 0.05) is 6.54 Å². The van der Waals surface area contributed by atoms with E-state index in [1.807, 2.05) is 19.9 Å². The summed E-state index contributed by atoms with van der Waals surface area (Å²) < 4.78 is 13.0. The highest BCUT2D eigenvalue weighted by atomic mass is 19.1. The largest absolute Gasteiger partial charge is 0.298 e. The molecule has 1 nitrogen and oxygen atoms in total. The SMILES string of the molecule is C#CC(C)(C)NCc1ccc(F)c(C)c1. The topological polar surface area (TPSA) is 12.0 Å². The molecule has 0 heterocycles. The van der Waals surface area contributed by atoms with Crippen molar-refractivity contribution in [2.45, 2.75) is 32.9 Å². The average molecular weight is 205 g/mol. The normalized spacial score (nSPS) is 11.1. The minimum absolute atomic E-state index is 0.171. The van der Waals surface area contributed by atoms with E-state index in [9.17, 15) is 4.39 Å². The third-order valence-corrected chi connectivity index (χ3v) is 2.32. The predicted molar refractivity (Wildman–Crippen MR) is 60.9 cm³/mol. The van der Waals surface area contributed by atoms with Gasteiger partial charge in [0.1, 0.15) is 5.82 Å². The fourth-order valence-corrected chi connectivity index (χ4v) is 1.19. The molecule has 0 radical (unpaired) electrons. The minimum Gasteiger partial charge on any atom is -0.298 e. The number of aryl methyl sites for hydroxylation is 1. The number of terminal acetylenes is 1. The Kier molecular flexibility index (Phi) is 3.49. The first-order valence-electron chi connectivity index (χ1n) is 4.92. The Bertz CT molecular complexity index is 388. The Morgan fingerprint density at radius 3 is 2.67 bits per heavy atom. The Morgan fingerprint density at radius 1 is 1.47 bits per heavy atom. The van der Waals surface area contributed by atoms with Crippen LogP contribution in [-0.4, -0.2) is 5.54 Å². The molecular formula is C13H16FN. The monoisotopic (exact) mass is 205 g/mol. The first kappa shape index (κ1) is 11.7. The smallest absolute Gasteiger partial charge is 0.126 e. The van der Waals surface area contributed by atoms with Crippen LogP contribution in [0, 0.1) is 25.1 Å². The number of hydrogen-bond donors (Lipinski definition) is 1. The fraction of sp³-hybridized carbons (Fsp3) is 0.385. The Balaban J connectivity index is 2.67. The third-order valence-electron chi connectivity index (χ3n) is 2.32. The van der Waals surface area contributed by atoms with Gasteiger partial charge in [-0.25, -0.2) is 4.39 Å². The first-order chi connectivity index (χ1) is 6.94. The van der Waals surface area contributed by atoms with Crippen molar-refractivity contribution in [3.8, 4) is 12.3 Å². The molecule has 0 aliphatic heterocycles. The maximum Gasteiger partial charge on any atom is 0.126 e. The van der Waals surface area contributed by atoms with Crippen LogP contribution in [-0.2, 0) is 6.54 Å². The Labute approximate surface area is 90.7 Å². The number of benzene rings is 1. The lowest BCUT2D eigenvalue weighted by atomic mass is 10.1. The number of nitrogens with one attached hydrogen (secondary N) is 1. The number of hydrogen-bond acceptors (Lipinski definition) is 1. The van der Waals surface area contributed by atoms with E-state index in [0.29, 0.717) is 12.1 Å². The molecule has 1 aromatic carbocycles. The van der Waals surface area contributed by atoms with Gasteiger partial charge < -0.3 is 0 Å². The molecular weight excluding hydrogens is 189 g/mol. The van der Waals surface area contributed by atoms with E-state index < -0.39 is 0 Å². The average Bonchev–Trinajstić information content (AvgIpc) is 2.20. The van der Waals surface area contributed by atoms with E-state index in [-0.39, 0.29) is 11.4 Å². The maximum absolute atomic E-state index is 13.0. The van der Waals surface area contributed by atoms with Crippen LogP contribution >= 0.6 is 0 Å². The van der Waals surface area contributed by atoms with Crippen LogP contribution in [0.5, 0.6) is 0 Å². The molecule has 0 bridgehead atoms. The van der Waals surface area contributed by atoms with Gasteiger partial charge in [-0.05, 0) is 38.0 Å². The molecule has 0 atom stereocenters. The molecule has 0 unspecified atom stereocenters. The molecule has 0 saturated heterocycles. The maximum atomic E-state index is 13.0. The number of halogens is 1. The second kappa shape index (κ2) is 4.46. The molecule has 0 aliphatic carbocycles. The molecule has 0 amide bonds. The van der Waals surface area contributed by atoms with Crippen molar-refractivity contribution in [1.82, 2.24) is 5.32 Å². The molecule has 0 spiro atoms. The molecule has 15 heavy (non-hydrogen) atoms. The van der Waals surface area contributed by atoms with Gasteiger partial charge >= 0.3 is 0 Å². The van der Waals surface area contributed by atoms with Crippen molar-refractivity contribution in [1.29, 1.82) is 0 Å². The summed E-state index contributed by atoms with van der Waals surface area (Å²) in [5.41, 5.74) is 1.37. The van der Waals surface area contributed by atoms with Crippen molar-refractivity contribution < 1.29 is 4.39 Å². The van der Waals surface area contributed by atoms with Gasteiger partial charge in [0.15, 0.2) is 0 Å². The van der Waals surface area contributed by atoms with Crippen molar-refractivity contribution >= 4 is 0 Å². The van der Waals surface area contributed by atoms with E-state index in [2.05, 4.69) is 11.2 Å². The quantitative estimate of drug-likeness (QED) is 0.748. The highest BCUT2D eigenvalue weighted by molar-refractivity contribution is 5.24. The predicted octanol–water partition coefficient (Wildman–Crippen LogP) is 2.64. The summed E-state index contributed by atoms with van der Waals surface area (Å²) in [7, 11) is 0. The van der Waals surface area contributed by atoms with Gasteiger partial charge in [-0.15, -0.1) is 6.42 Å². The van der Waals surface area contributed by atoms with Gasteiger partial charge in [-0.1, -0.05) is 18.1 Å². The minimum atomic E-state index is -0.331. The molecule has 0 saturated carbocycles. The molecule has 0 aromatic heterocycles. The van der Waals surface area contributed by atoms with Crippen molar-refractivity contribution in [3.63, 3.8) is 0 Å². The van der Waals surface area contributed by atoms with Gasteiger partial charge in [-0.2, -0.15) is 0 Å².